The summed E-state index contributed by atoms with van der Waals surface area (Å²) < 4.78 is 5.93. The van der Waals surface area contributed by atoms with Gasteiger partial charge in [0, 0.05) is 10.7 Å². The number of halogens is 1. The number of carbonyl (C=O) groups excluding carboxylic acids is 1. The topological polar surface area (TPSA) is 26.3 Å². The Morgan fingerprint density at radius 1 is 1.33 bits per heavy atom. The number of ketones is 1. The van der Waals surface area contributed by atoms with Crippen LogP contribution < -0.4 is 4.74 Å². The van der Waals surface area contributed by atoms with Gasteiger partial charge in [-0.2, -0.15) is 0 Å². The van der Waals surface area contributed by atoms with Crippen LogP contribution in [-0.2, 0) is 0 Å². The van der Waals surface area contributed by atoms with E-state index in [1.807, 2.05) is 24.3 Å². The molecule has 1 aromatic rings. The van der Waals surface area contributed by atoms with Gasteiger partial charge in [-0.3, -0.25) is 4.79 Å². The van der Waals surface area contributed by atoms with Crippen molar-refractivity contribution in [1.29, 1.82) is 0 Å². The number of Topliss-reactive ketones (excluding diaryl/α,β-unsaturated/α-hetero) is 1. The number of ether oxygens (including phenoxy) is 1. The molecule has 0 saturated heterocycles. The van der Waals surface area contributed by atoms with Crippen LogP contribution in [0.5, 0.6) is 5.75 Å². The molecule has 0 N–H and O–H groups in total. The van der Waals surface area contributed by atoms with Gasteiger partial charge in [-0.25, -0.2) is 0 Å². The molecule has 1 fully saturated rings. The zero-order valence-electron chi connectivity index (χ0n) is 10.7. The van der Waals surface area contributed by atoms with Crippen LogP contribution in [0.25, 0.3) is 0 Å². The molecule has 2 rings (SSSR count). The van der Waals surface area contributed by atoms with Gasteiger partial charge in [0.2, 0.25) is 0 Å². The molecule has 1 saturated carbocycles. The SMILES string of the molecule is CC(=O)c1ccccc1OCC1(CBr)CCCC1. The van der Waals surface area contributed by atoms with Crippen molar-refractivity contribution in [2.45, 2.75) is 32.6 Å². The van der Waals surface area contributed by atoms with Crippen LogP contribution >= 0.6 is 15.9 Å². The molecule has 0 aromatic heterocycles. The van der Waals surface area contributed by atoms with Crippen LogP contribution in [0.15, 0.2) is 24.3 Å². The fraction of sp³-hybridized carbons (Fsp3) is 0.533. The number of para-hydroxylation sites is 1. The Balaban J connectivity index is 2.08. The molecule has 0 radical (unpaired) electrons. The molecule has 0 amide bonds. The van der Waals surface area contributed by atoms with Crippen LogP contribution in [0, 0.1) is 5.41 Å². The van der Waals surface area contributed by atoms with Crippen LogP contribution in [-0.4, -0.2) is 17.7 Å². The van der Waals surface area contributed by atoms with E-state index < -0.39 is 0 Å². The molecular weight excluding hydrogens is 292 g/mol. The first-order chi connectivity index (χ1) is 8.67. The maximum atomic E-state index is 11.5. The quantitative estimate of drug-likeness (QED) is 0.601. The Morgan fingerprint density at radius 3 is 2.61 bits per heavy atom. The van der Waals surface area contributed by atoms with Gasteiger partial charge in [-0.05, 0) is 31.9 Å². The first-order valence-electron chi connectivity index (χ1n) is 6.46. The van der Waals surface area contributed by atoms with Gasteiger partial charge in [0.15, 0.2) is 5.78 Å². The second kappa shape index (κ2) is 5.87. The van der Waals surface area contributed by atoms with E-state index >= 15 is 0 Å². The molecule has 2 nitrogen and oxygen atoms in total. The average molecular weight is 311 g/mol. The number of rotatable bonds is 5. The Kier molecular flexibility index (Phi) is 4.44. The minimum atomic E-state index is 0.0601. The van der Waals surface area contributed by atoms with E-state index in [0.717, 1.165) is 11.1 Å². The Labute approximate surface area is 117 Å². The van der Waals surface area contributed by atoms with Gasteiger partial charge in [-0.1, -0.05) is 40.9 Å². The second-order valence-electron chi connectivity index (χ2n) is 5.18. The monoisotopic (exact) mass is 310 g/mol. The first kappa shape index (κ1) is 13.6. The molecule has 0 spiro atoms. The Bertz CT molecular complexity index is 422. The molecule has 0 unspecified atom stereocenters. The third-order valence-corrected chi connectivity index (χ3v) is 4.94. The number of hydrogen-bond donors (Lipinski definition) is 0. The zero-order valence-corrected chi connectivity index (χ0v) is 12.3. The van der Waals surface area contributed by atoms with Crippen molar-refractivity contribution >= 4 is 21.7 Å². The molecule has 0 atom stereocenters. The fourth-order valence-electron chi connectivity index (χ4n) is 2.56. The van der Waals surface area contributed by atoms with Crippen molar-refractivity contribution in [2.75, 3.05) is 11.9 Å². The highest BCUT2D eigenvalue weighted by molar-refractivity contribution is 9.09. The molecule has 1 aliphatic carbocycles. The molecule has 18 heavy (non-hydrogen) atoms. The van der Waals surface area contributed by atoms with Crippen molar-refractivity contribution in [1.82, 2.24) is 0 Å². The summed E-state index contributed by atoms with van der Waals surface area (Å²) in [4.78, 5) is 11.5. The minimum Gasteiger partial charge on any atom is -0.492 e. The molecule has 98 valence electrons. The lowest BCUT2D eigenvalue weighted by atomic mass is 9.90. The largest absolute Gasteiger partial charge is 0.492 e. The standard InChI is InChI=1S/C15H19BrO2/c1-12(17)13-6-2-3-7-14(13)18-11-15(10-16)8-4-5-9-15/h2-3,6-7H,4-5,8-11H2,1H3. The van der Waals surface area contributed by atoms with Crippen molar-refractivity contribution in [3.05, 3.63) is 29.8 Å². The van der Waals surface area contributed by atoms with Crippen molar-refractivity contribution in [3.8, 4) is 5.75 Å². The van der Waals surface area contributed by atoms with Gasteiger partial charge in [0.25, 0.3) is 0 Å². The summed E-state index contributed by atoms with van der Waals surface area (Å²) in [6.07, 6.45) is 4.98. The number of benzene rings is 1. The zero-order chi connectivity index (χ0) is 13.0. The van der Waals surface area contributed by atoms with Crippen molar-refractivity contribution in [2.24, 2.45) is 5.41 Å². The van der Waals surface area contributed by atoms with E-state index in [-0.39, 0.29) is 11.2 Å². The van der Waals surface area contributed by atoms with E-state index in [1.54, 1.807) is 6.92 Å². The molecule has 0 aliphatic heterocycles. The fourth-order valence-corrected chi connectivity index (χ4v) is 3.28. The predicted molar refractivity (Wildman–Crippen MR) is 76.6 cm³/mol. The van der Waals surface area contributed by atoms with Crippen LogP contribution in [0.1, 0.15) is 43.0 Å². The van der Waals surface area contributed by atoms with Crippen LogP contribution in [0.2, 0.25) is 0 Å². The maximum Gasteiger partial charge on any atom is 0.163 e. The van der Waals surface area contributed by atoms with E-state index in [2.05, 4.69) is 15.9 Å². The molecule has 0 bridgehead atoms. The lowest BCUT2D eigenvalue weighted by Crippen LogP contribution is -2.27. The Morgan fingerprint density at radius 2 is 2.00 bits per heavy atom. The summed E-state index contributed by atoms with van der Waals surface area (Å²) in [5.74, 6) is 0.780. The van der Waals surface area contributed by atoms with E-state index in [4.69, 9.17) is 4.74 Å². The van der Waals surface area contributed by atoms with Gasteiger partial charge >= 0.3 is 0 Å². The van der Waals surface area contributed by atoms with Crippen LogP contribution in [0.3, 0.4) is 0 Å². The van der Waals surface area contributed by atoms with Gasteiger partial charge in [0.1, 0.15) is 5.75 Å². The molecule has 3 heteroatoms. The summed E-state index contributed by atoms with van der Waals surface area (Å²) in [6.45, 7) is 2.28. The molecule has 0 heterocycles. The summed E-state index contributed by atoms with van der Waals surface area (Å²) in [5.41, 5.74) is 0.935. The second-order valence-corrected chi connectivity index (χ2v) is 5.74. The summed E-state index contributed by atoms with van der Waals surface area (Å²) in [5, 5.41) is 0.974. The minimum absolute atomic E-state index is 0.0601. The van der Waals surface area contributed by atoms with Gasteiger partial charge in [0.05, 0.1) is 12.2 Å². The van der Waals surface area contributed by atoms with E-state index in [9.17, 15) is 4.79 Å². The average Bonchev–Trinajstić information content (AvgIpc) is 2.86. The van der Waals surface area contributed by atoms with Crippen molar-refractivity contribution in [3.63, 3.8) is 0 Å². The van der Waals surface area contributed by atoms with Gasteiger partial charge < -0.3 is 4.74 Å². The van der Waals surface area contributed by atoms with Crippen molar-refractivity contribution < 1.29 is 9.53 Å². The predicted octanol–water partition coefficient (Wildman–Crippen LogP) is 4.22. The molecular formula is C15H19BrO2. The highest BCUT2D eigenvalue weighted by Gasteiger charge is 2.33. The van der Waals surface area contributed by atoms with E-state index in [0.29, 0.717) is 12.2 Å². The summed E-state index contributed by atoms with van der Waals surface area (Å²) in [7, 11) is 0. The highest BCUT2D eigenvalue weighted by atomic mass is 79.9. The number of carbonyl (C=O) groups is 1. The third-order valence-electron chi connectivity index (χ3n) is 3.75. The lowest BCUT2D eigenvalue weighted by Gasteiger charge is -2.26. The summed E-state index contributed by atoms with van der Waals surface area (Å²) >= 11 is 3.61. The summed E-state index contributed by atoms with van der Waals surface area (Å²) in [6, 6.07) is 7.50. The van der Waals surface area contributed by atoms with Gasteiger partial charge in [-0.15, -0.1) is 0 Å². The lowest BCUT2D eigenvalue weighted by molar-refractivity contribution is 0.100. The maximum absolute atomic E-state index is 11.5. The first-order valence-corrected chi connectivity index (χ1v) is 7.58. The molecule has 1 aromatic carbocycles. The van der Waals surface area contributed by atoms with E-state index in [1.165, 1.54) is 25.7 Å². The third kappa shape index (κ3) is 2.94. The Hall–Kier alpha value is -0.830. The normalized spacial score (nSPS) is 17.7. The number of hydrogen-bond acceptors (Lipinski definition) is 2. The highest BCUT2D eigenvalue weighted by Crippen LogP contribution is 2.40. The molecule has 1 aliphatic rings. The smallest absolute Gasteiger partial charge is 0.163 e. The number of alkyl halides is 1. The van der Waals surface area contributed by atoms with Crippen LogP contribution in [0.4, 0.5) is 0 Å².